The first kappa shape index (κ1) is 41.4. The third kappa shape index (κ3) is 5.20. The van der Waals surface area contributed by atoms with Crippen molar-refractivity contribution >= 4 is 76.2 Å². The highest BCUT2D eigenvalue weighted by molar-refractivity contribution is 7.01. The van der Waals surface area contributed by atoms with Crippen LogP contribution in [0.3, 0.4) is 0 Å². The molecule has 0 saturated heterocycles. The van der Waals surface area contributed by atoms with Gasteiger partial charge in [0.25, 0.3) is 6.71 Å². The van der Waals surface area contributed by atoms with Crippen LogP contribution in [0.4, 0.5) is 39.8 Å². The van der Waals surface area contributed by atoms with Crippen LogP contribution in [0.1, 0.15) is 107 Å². The fraction of sp³-hybridized carbons (Fsp3) is 0.323. The van der Waals surface area contributed by atoms with Gasteiger partial charge < -0.3 is 14.7 Å². The number of hydrogen-bond donors (Lipinski definition) is 0. The molecule has 0 radical (unpaired) electrons. The first-order valence-corrected chi connectivity index (χ1v) is 28.8. The van der Waals surface area contributed by atoms with Crippen molar-refractivity contribution in [1.29, 1.82) is 0 Å². The highest BCUT2D eigenvalue weighted by Gasteiger charge is 2.65. The lowest BCUT2D eigenvalue weighted by Crippen LogP contribution is -2.65. The zero-order valence-corrected chi connectivity index (χ0v) is 42.1. The molecule has 7 aromatic rings. The van der Waals surface area contributed by atoms with Gasteiger partial charge in [-0.15, -0.1) is 0 Å². The molecule has 0 bridgehead atoms. The molecule has 1 fully saturated rings. The average Bonchev–Trinajstić information content (AvgIpc) is 3.70. The van der Waals surface area contributed by atoms with E-state index in [9.17, 15) is 0 Å². The molecule has 3 nitrogen and oxygen atoms in total. The molecule has 5 heteroatoms. The van der Waals surface area contributed by atoms with Crippen LogP contribution in [0.25, 0.3) is 0 Å². The van der Waals surface area contributed by atoms with Crippen LogP contribution in [0.5, 0.6) is 0 Å². The van der Waals surface area contributed by atoms with E-state index in [2.05, 4.69) is 228 Å². The SMILES string of the molecule is CC(C)(C)c1ccc2c(c1)C1(C)CCc3ccccc3C1(C)N2c1cc2c3c(c1)N1c4c(cc([Si](C)(C)C)cc4C4(c5ccccc5)CCCCC14C)B3c1ccccc1N2c1ccccc1. The van der Waals surface area contributed by atoms with E-state index in [0.29, 0.717) is 0 Å². The molecular weight excluding hydrogens is 826 g/mol. The first-order chi connectivity index (χ1) is 32.1. The quantitative estimate of drug-likeness (QED) is 0.163. The number of anilines is 7. The van der Waals surface area contributed by atoms with E-state index < -0.39 is 8.07 Å². The van der Waals surface area contributed by atoms with E-state index in [-0.39, 0.29) is 34.0 Å². The summed E-state index contributed by atoms with van der Waals surface area (Å²) in [4.78, 5) is 8.42. The van der Waals surface area contributed by atoms with E-state index in [0.717, 1.165) is 25.7 Å². The van der Waals surface area contributed by atoms with Gasteiger partial charge in [-0.2, -0.15) is 0 Å². The van der Waals surface area contributed by atoms with Gasteiger partial charge in [0.2, 0.25) is 0 Å². The van der Waals surface area contributed by atoms with E-state index in [1.807, 2.05) is 0 Å². The fourth-order valence-electron chi connectivity index (χ4n) is 14.9. The van der Waals surface area contributed by atoms with Crippen molar-refractivity contribution in [2.24, 2.45) is 0 Å². The maximum Gasteiger partial charge on any atom is 0.252 e. The second-order valence-corrected chi connectivity index (χ2v) is 28.8. The number of aryl methyl sites for hydroxylation is 1. The summed E-state index contributed by atoms with van der Waals surface area (Å²) in [6.45, 7) is 22.7. The van der Waals surface area contributed by atoms with Gasteiger partial charge >= 0.3 is 0 Å². The standard InChI is InChI=1S/C62H64BN3Si/c1-58(2,3)43-30-31-52-48(36-43)59(4)35-32-41-22-16-17-27-47(41)61(59,6)65(52)45-37-54-56-55(38-45)66-57-49(62(42-23-12-10-13-24-42)34-21-20-33-60(62,66)5)39-46(67(7,8)9)40-51(57)63(56)50-28-18-19-29-53(50)64(54)44-25-14-11-15-26-44/h10-19,22-31,36-40H,20-21,32-35H2,1-9H3. The average molecular weight is 890 g/mol. The Balaban J connectivity index is 1.18. The van der Waals surface area contributed by atoms with Crippen molar-refractivity contribution in [2.75, 3.05) is 14.7 Å². The summed E-state index contributed by atoms with van der Waals surface area (Å²) in [5.41, 5.74) is 21.7. The summed E-state index contributed by atoms with van der Waals surface area (Å²) in [5, 5.41) is 1.57. The topological polar surface area (TPSA) is 9.72 Å². The lowest BCUT2D eigenvalue weighted by atomic mass is 9.33. The monoisotopic (exact) mass is 889 g/mol. The normalized spacial score (nSPS) is 25.1. The Morgan fingerprint density at radius 2 is 1.24 bits per heavy atom. The van der Waals surface area contributed by atoms with Crippen molar-refractivity contribution in [3.05, 3.63) is 185 Å². The minimum atomic E-state index is -1.80. The van der Waals surface area contributed by atoms with Gasteiger partial charge in [0.05, 0.1) is 19.2 Å². The van der Waals surface area contributed by atoms with Crippen molar-refractivity contribution in [3.63, 3.8) is 0 Å². The number of para-hydroxylation sites is 2. The molecule has 7 aromatic carbocycles. The Hall–Kier alpha value is -5.78. The van der Waals surface area contributed by atoms with Gasteiger partial charge in [0, 0.05) is 50.6 Å². The molecule has 4 atom stereocenters. The number of benzene rings is 7. The van der Waals surface area contributed by atoms with E-state index >= 15 is 0 Å². The van der Waals surface area contributed by atoms with E-state index in [1.54, 1.807) is 10.8 Å². The van der Waals surface area contributed by atoms with Crippen molar-refractivity contribution in [1.82, 2.24) is 0 Å². The van der Waals surface area contributed by atoms with Gasteiger partial charge in [0.1, 0.15) is 0 Å². The molecular formula is C62H64BN3Si. The molecule has 0 N–H and O–H groups in total. The summed E-state index contributed by atoms with van der Waals surface area (Å²) < 4.78 is 0. The minimum absolute atomic E-state index is 0.0350. The fourth-order valence-corrected chi connectivity index (χ4v) is 16.1. The maximum atomic E-state index is 2.96. The van der Waals surface area contributed by atoms with Crippen molar-refractivity contribution < 1.29 is 0 Å². The van der Waals surface area contributed by atoms with Crippen LogP contribution < -0.4 is 36.3 Å². The predicted octanol–water partition coefficient (Wildman–Crippen LogP) is 13.2. The largest absolute Gasteiger partial charge is 0.335 e. The molecule has 13 rings (SSSR count). The third-order valence-corrected chi connectivity index (χ3v) is 20.5. The van der Waals surface area contributed by atoms with Gasteiger partial charge in [-0.3, -0.25) is 0 Å². The summed E-state index contributed by atoms with van der Waals surface area (Å²) in [6.07, 6.45) is 6.91. The second kappa shape index (κ2) is 13.7. The lowest BCUT2D eigenvalue weighted by molar-refractivity contribution is 0.215. The molecule has 0 aromatic heterocycles. The number of hydrogen-bond acceptors (Lipinski definition) is 3. The highest BCUT2D eigenvalue weighted by Crippen LogP contribution is 2.67. The van der Waals surface area contributed by atoms with E-state index in [4.69, 9.17) is 0 Å². The molecule has 4 aliphatic heterocycles. The molecule has 334 valence electrons. The van der Waals surface area contributed by atoms with Crippen LogP contribution in [-0.4, -0.2) is 20.3 Å². The molecule has 2 aliphatic carbocycles. The molecule has 6 aliphatic rings. The lowest BCUT2D eigenvalue weighted by Gasteiger charge is -2.55. The zero-order valence-electron chi connectivity index (χ0n) is 41.1. The first-order valence-electron chi connectivity index (χ1n) is 25.3. The molecule has 1 saturated carbocycles. The van der Waals surface area contributed by atoms with Gasteiger partial charge in [-0.1, -0.05) is 181 Å². The molecule has 67 heavy (non-hydrogen) atoms. The van der Waals surface area contributed by atoms with Crippen LogP contribution in [-0.2, 0) is 28.2 Å². The molecule has 4 unspecified atom stereocenters. The third-order valence-electron chi connectivity index (χ3n) is 18.5. The zero-order chi connectivity index (χ0) is 46.0. The highest BCUT2D eigenvalue weighted by atomic mass is 28.3. The summed E-state index contributed by atoms with van der Waals surface area (Å²) >= 11 is 0. The van der Waals surface area contributed by atoms with E-state index in [1.165, 1.54) is 96.9 Å². The number of fused-ring (bicyclic) bond motifs is 12. The molecule has 0 amide bonds. The van der Waals surface area contributed by atoms with Gasteiger partial charge in [-0.05, 0) is 131 Å². The minimum Gasteiger partial charge on any atom is -0.335 e. The van der Waals surface area contributed by atoms with Crippen LogP contribution in [0.2, 0.25) is 19.6 Å². The Bertz CT molecular complexity index is 3200. The van der Waals surface area contributed by atoms with Gasteiger partial charge in [-0.25, -0.2) is 0 Å². The number of rotatable bonds is 4. The molecule has 0 spiro atoms. The number of nitrogens with zero attached hydrogens (tertiary/aromatic N) is 3. The van der Waals surface area contributed by atoms with Crippen LogP contribution in [0, 0.1) is 0 Å². The Morgan fingerprint density at radius 1 is 0.552 bits per heavy atom. The summed E-state index contributed by atoms with van der Waals surface area (Å²) in [7, 11) is -1.80. The van der Waals surface area contributed by atoms with Crippen LogP contribution >= 0.6 is 0 Å². The van der Waals surface area contributed by atoms with Crippen LogP contribution in [0.15, 0.2) is 152 Å². The van der Waals surface area contributed by atoms with Crippen molar-refractivity contribution in [3.8, 4) is 0 Å². The second-order valence-electron chi connectivity index (χ2n) is 23.7. The Labute approximate surface area is 401 Å². The smallest absolute Gasteiger partial charge is 0.252 e. The van der Waals surface area contributed by atoms with Gasteiger partial charge in [0.15, 0.2) is 0 Å². The Kier molecular flexibility index (Phi) is 8.46. The van der Waals surface area contributed by atoms with Crippen molar-refractivity contribution in [2.45, 2.75) is 127 Å². The Morgan fingerprint density at radius 3 is 2.00 bits per heavy atom. The predicted molar refractivity (Wildman–Crippen MR) is 288 cm³/mol. The summed E-state index contributed by atoms with van der Waals surface area (Å²) in [6, 6.07) is 60.1. The maximum absolute atomic E-state index is 2.96. The molecule has 4 heterocycles. The summed E-state index contributed by atoms with van der Waals surface area (Å²) in [5.74, 6) is 0.